The van der Waals surface area contributed by atoms with Gasteiger partial charge in [0.1, 0.15) is 66.5 Å². The number of nitrogens with zero attached hydrogens (tertiary/aromatic N) is 2. The van der Waals surface area contributed by atoms with Crippen LogP contribution in [0.3, 0.4) is 0 Å². The smallest absolute Gasteiger partial charge is 0.326 e. The lowest BCUT2D eigenvalue weighted by Crippen LogP contribution is -2.63. The first-order valence-corrected chi connectivity index (χ1v) is 33.8. The molecule has 0 saturated carbocycles. The number of hydrogen-bond donors (Lipinski definition) is 20. The molecule has 3 rings (SSSR count). The molecular formula is C65H105N17O19. The van der Waals surface area contributed by atoms with Crippen LogP contribution in [0.1, 0.15) is 139 Å². The number of primary amides is 1. The molecular weight excluding hydrogens is 1320 g/mol. The Labute approximate surface area is 585 Å². The number of H-pyrrole nitrogens is 1. The highest BCUT2D eigenvalue weighted by atomic mass is 16.4. The molecule has 0 aliphatic carbocycles. The second-order valence-electron chi connectivity index (χ2n) is 26.3. The Morgan fingerprint density at radius 2 is 1.03 bits per heavy atom. The number of aliphatic hydroxyl groups excluding tert-OH is 3. The highest BCUT2D eigenvalue weighted by Crippen LogP contribution is 2.24. The van der Waals surface area contributed by atoms with E-state index in [-0.39, 0.29) is 82.3 Å². The summed E-state index contributed by atoms with van der Waals surface area (Å²) < 4.78 is 0. The van der Waals surface area contributed by atoms with Gasteiger partial charge in [-0.2, -0.15) is 0 Å². The molecule has 564 valence electrons. The number of likely N-dealkylation sites (tertiary alicyclic amines) is 1. The third kappa shape index (κ3) is 27.5. The normalized spacial score (nSPS) is 17.0. The Morgan fingerprint density at radius 3 is 1.52 bits per heavy atom. The van der Waals surface area contributed by atoms with E-state index in [1.165, 1.54) is 4.90 Å². The Hall–Kier alpha value is -9.55. The maximum atomic E-state index is 14.5. The van der Waals surface area contributed by atoms with Gasteiger partial charge in [0.15, 0.2) is 5.96 Å². The molecule has 36 nitrogen and oxygen atoms in total. The van der Waals surface area contributed by atoms with Gasteiger partial charge in [-0.1, -0.05) is 86.4 Å². The maximum absolute atomic E-state index is 14.5. The minimum absolute atomic E-state index is 0.0272. The topological polar surface area (TPSA) is 596 Å². The largest absolute Gasteiger partial charge is 0.481 e. The Bertz CT molecular complexity index is 3230. The van der Waals surface area contributed by atoms with E-state index in [0.717, 1.165) is 17.8 Å². The van der Waals surface area contributed by atoms with Gasteiger partial charge in [0.2, 0.25) is 70.9 Å². The van der Waals surface area contributed by atoms with E-state index in [1.54, 1.807) is 73.7 Å². The predicted molar refractivity (Wildman–Crippen MR) is 366 cm³/mol. The van der Waals surface area contributed by atoms with Crippen molar-refractivity contribution >= 4 is 99.7 Å². The lowest BCUT2D eigenvalue weighted by Gasteiger charge is -2.31. The number of amides is 12. The zero-order valence-corrected chi connectivity index (χ0v) is 58.7. The molecule has 0 bridgehead atoms. The van der Waals surface area contributed by atoms with Crippen LogP contribution < -0.4 is 76.1 Å². The zero-order valence-electron chi connectivity index (χ0n) is 58.7. The van der Waals surface area contributed by atoms with Gasteiger partial charge in [-0.15, -0.1) is 0 Å². The van der Waals surface area contributed by atoms with Crippen LogP contribution in [-0.2, 0) is 73.5 Å². The monoisotopic (exact) mass is 1430 g/mol. The number of aromatic amines is 1. The van der Waals surface area contributed by atoms with E-state index in [0.29, 0.717) is 12.0 Å². The number of aliphatic imine (C=N–C) groups is 1. The number of aliphatic carboxylic acids is 2. The number of rotatable bonds is 44. The molecule has 0 spiro atoms. The van der Waals surface area contributed by atoms with Crippen molar-refractivity contribution in [1.29, 1.82) is 0 Å². The molecule has 2 aromatic rings. The molecule has 36 heteroatoms. The number of guanidine groups is 1. The number of carbonyl (C=O) groups excluding carboxylic acids is 12. The summed E-state index contributed by atoms with van der Waals surface area (Å²) in [6.07, 6.45) is -1.12. The van der Waals surface area contributed by atoms with Crippen LogP contribution in [0.15, 0.2) is 35.5 Å². The summed E-state index contributed by atoms with van der Waals surface area (Å²) in [6, 6.07) is -11.6. The summed E-state index contributed by atoms with van der Waals surface area (Å²) >= 11 is 0. The Morgan fingerprint density at radius 1 is 0.574 bits per heavy atom. The van der Waals surface area contributed by atoms with Gasteiger partial charge in [-0.05, 0) is 87.2 Å². The van der Waals surface area contributed by atoms with Crippen molar-refractivity contribution in [2.24, 2.45) is 51.6 Å². The molecule has 15 atom stereocenters. The van der Waals surface area contributed by atoms with E-state index in [1.807, 2.05) is 12.1 Å². The summed E-state index contributed by atoms with van der Waals surface area (Å²) in [5.41, 5.74) is 23.7. The third-order valence-corrected chi connectivity index (χ3v) is 17.1. The molecule has 1 aromatic heterocycles. The third-order valence-electron chi connectivity index (χ3n) is 17.1. The first kappa shape index (κ1) is 85.7. The van der Waals surface area contributed by atoms with Crippen LogP contribution in [0, 0.1) is 23.7 Å². The van der Waals surface area contributed by atoms with E-state index < -0.39 is 206 Å². The maximum Gasteiger partial charge on any atom is 0.326 e. The fourth-order valence-corrected chi connectivity index (χ4v) is 11.1. The molecule has 1 saturated heterocycles. The minimum Gasteiger partial charge on any atom is -0.481 e. The number of nitrogens with one attached hydrogen (secondary N) is 11. The van der Waals surface area contributed by atoms with Gasteiger partial charge in [0.25, 0.3) is 0 Å². The van der Waals surface area contributed by atoms with Crippen molar-refractivity contribution < 1.29 is 92.7 Å². The molecule has 101 heavy (non-hydrogen) atoms. The van der Waals surface area contributed by atoms with Gasteiger partial charge in [0, 0.05) is 43.0 Å². The first-order chi connectivity index (χ1) is 47.5. The second kappa shape index (κ2) is 41.9. The number of aromatic nitrogens is 1. The van der Waals surface area contributed by atoms with E-state index >= 15 is 0 Å². The number of carboxylic acid groups (broad SMARTS) is 2. The van der Waals surface area contributed by atoms with E-state index in [2.05, 4.69) is 63.1 Å². The first-order valence-electron chi connectivity index (χ1n) is 33.8. The van der Waals surface area contributed by atoms with Gasteiger partial charge in [-0.25, -0.2) is 4.79 Å². The molecule has 2 heterocycles. The molecule has 1 fully saturated rings. The van der Waals surface area contributed by atoms with Crippen LogP contribution in [-0.4, -0.2) is 229 Å². The summed E-state index contributed by atoms with van der Waals surface area (Å²) in [5.74, 6) is -17.0. The van der Waals surface area contributed by atoms with Crippen molar-refractivity contribution in [3.63, 3.8) is 0 Å². The predicted octanol–water partition coefficient (Wildman–Crippen LogP) is -4.70. The van der Waals surface area contributed by atoms with Crippen molar-refractivity contribution in [1.82, 2.24) is 63.1 Å². The second-order valence-corrected chi connectivity index (χ2v) is 26.3. The average Bonchev–Trinajstić information content (AvgIpc) is 1.72. The van der Waals surface area contributed by atoms with Crippen molar-refractivity contribution in [3.8, 4) is 0 Å². The number of fused-ring (bicyclic) bond motifs is 1. The van der Waals surface area contributed by atoms with Crippen LogP contribution >= 0.6 is 0 Å². The molecule has 1 aliphatic rings. The fraction of sp³-hybridized carbons (Fsp3) is 0.646. The highest BCUT2D eigenvalue weighted by molar-refractivity contribution is 6.00. The summed E-state index contributed by atoms with van der Waals surface area (Å²) in [6.45, 7) is 12.3. The number of aliphatic hydroxyl groups is 3. The quantitative estimate of drug-likeness (QED) is 0.0168. The number of carboxylic acids is 2. The molecule has 1 aliphatic heterocycles. The molecule has 12 amide bonds. The molecule has 0 radical (unpaired) electrons. The molecule has 24 N–H and O–H groups in total. The Kier molecular flexibility index (Phi) is 35.5. The number of benzene rings is 1. The van der Waals surface area contributed by atoms with Crippen molar-refractivity contribution in [2.75, 3.05) is 26.3 Å². The minimum atomic E-state index is -1.97. The van der Waals surface area contributed by atoms with Gasteiger partial charge in [0.05, 0.1) is 31.8 Å². The van der Waals surface area contributed by atoms with Gasteiger partial charge >= 0.3 is 11.9 Å². The van der Waals surface area contributed by atoms with Crippen LogP contribution in [0.4, 0.5) is 0 Å². The Balaban J connectivity index is 1.86. The summed E-state index contributed by atoms with van der Waals surface area (Å²) in [7, 11) is 0. The standard InChI is InChI=1S/C65H105N17O19/c1-10-33(7)50(80-55(91)41(20-21-48(67)86)73-56(92)43(27-49(87)88)74-53(89)38(66)24-31(3)4)60(96)75-42(25-32(5)6)57(93)81-52(35(9)85)62(98)78-46(30-84)59(95)77-45(29-83)58(94)72-40(18-14-22-70-65(68)69)54(90)79-51(34(8)11-2)61(97)76-44(63(99)82-23-15-19-47(82)64(100)101)26-36-28-71-39-17-13-12-16-37(36)39/h12-13,16-17,28,31-35,38,40-47,50-52,71,83-85H,10-11,14-15,18-27,29-30,66H2,1-9H3,(H2,67,86)(H,72,94)(H,73,92)(H,74,89)(H,75,96)(H,76,97)(H,77,95)(H,78,98)(H,79,90)(H,80,91)(H,81,93)(H,87,88)(H,100,101)(H4,68,69,70)/t33-,34-,35+,38-,40-,41-,42-,43-,44-,45-,46-,47-,50-,51-,52-/m0/s1. The van der Waals surface area contributed by atoms with Crippen molar-refractivity contribution in [2.45, 2.75) is 218 Å². The SMILES string of the molecule is CC[C@H](C)[C@H](NC(=O)[C@H](CCC(N)=O)NC(=O)[C@H](CC(=O)O)NC(=O)[C@@H](N)CC(C)C)C(=O)N[C@@H](CC(C)C)C(=O)N[C@H](C(=O)N[C@@H](CO)C(=O)N[C@@H](CO)C(=O)N[C@@H](CCCN=C(N)N)C(=O)N[C@H](C(=O)N[C@@H](Cc1c[nH]c2ccccc12)C(=O)N1CCC[C@H]1C(=O)O)[C@@H](C)CC)[C@@H](C)O. The van der Waals surface area contributed by atoms with Gasteiger partial charge < -0.3 is 112 Å². The van der Waals surface area contributed by atoms with Crippen LogP contribution in [0.2, 0.25) is 0 Å². The number of carbonyl (C=O) groups is 14. The fourth-order valence-electron chi connectivity index (χ4n) is 11.1. The van der Waals surface area contributed by atoms with Crippen LogP contribution in [0.25, 0.3) is 10.9 Å². The van der Waals surface area contributed by atoms with Crippen molar-refractivity contribution in [3.05, 3.63) is 36.0 Å². The number of hydrogen-bond acceptors (Lipinski definition) is 19. The van der Waals surface area contributed by atoms with Crippen LogP contribution in [0.5, 0.6) is 0 Å². The highest BCUT2D eigenvalue weighted by Gasteiger charge is 2.42. The average molecular weight is 1430 g/mol. The lowest BCUT2D eigenvalue weighted by atomic mass is 9.96. The van der Waals surface area contributed by atoms with Gasteiger partial charge in [-0.3, -0.25) is 67.3 Å². The number of nitrogens with two attached hydrogens (primary N) is 4. The van der Waals surface area contributed by atoms with E-state index in [9.17, 15) is 92.7 Å². The zero-order chi connectivity index (χ0) is 76.1. The lowest BCUT2D eigenvalue weighted by molar-refractivity contribution is -0.149. The summed E-state index contributed by atoms with van der Waals surface area (Å²) in [4.78, 5) is 198. The summed E-state index contributed by atoms with van der Waals surface area (Å²) in [5, 5.41) is 76.4. The molecule has 1 aromatic carbocycles. The number of para-hydroxylation sites is 1. The van der Waals surface area contributed by atoms with E-state index in [4.69, 9.17) is 22.9 Å². The molecule has 0 unspecified atom stereocenters.